The average Bonchev–Trinajstić information content (AvgIpc) is 2.42. The number of nitrogens with two attached hydrogens (primary N) is 1. The van der Waals surface area contributed by atoms with Gasteiger partial charge >= 0.3 is 0 Å². The predicted octanol–water partition coefficient (Wildman–Crippen LogP) is 5.39. The van der Waals surface area contributed by atoms with E-state index in [4.69, 9.17) is 22.1 Å². The lowest BCUT2D eigenvalue weighted by molar-refractivity contribution is 0.161. The zero-order chi connectivity index (χ0) is 14.3. The Bertz CT molecular complexity index is 662. The van der Waals surface area contributed by atoms with Gasteiger partial charge in [-0.2, -0.15) is 0 Å². The fourth-order valence-corrected chi connectivity index (χ4v) is 3.22. The minimum Gasteiger partial charge on any atom is -0.485 e. The average molecular weight is 418 g/mol. The molecule has 0 fully saturated rings. The van der Waals surface area contributed by atoms with E-state index in [0.29, 0.717) is 5.02 Å². The lowest BCUT2D eigenvalue weighted by Crippen LogP contribution is -2.24. The van der Waals surface area contributed by atoms with E-state index in [1.807, 2.05) is 30.3 Å². The third-order valence-electron chi connectivity index (χ3n) is 3.42. The van der Waals surface area contributed by atoms with Crippen molar-refractivity contribution >= 4 is 43.5 Å². The molecule has 1 heterocycles. The fourth-order valence-electron chi connectivity index (χ4n) is 2.39. The molecule has 1 aliphatic heterocycles. The number of hydrogen-bond acceptors (Lipinski definition) is 2. The molecule has 0 saturated heterocycles. The van der Waals surface area contributed by atoms with Gasteiger partial charge < -0.3 is 10.5 Å². The summed E-state index contributed by atoms with van der Waals surface area (Å²) in [5, 5.41) is 0.688. The summed E-state index contributed by atoms with van der Waals surface area (Å²) in [4.78, 5) is 0. The second-order valence-electron chi connectivity index (χ2n) is 4.80. The van der Waals surface area contributed by atoms with Gasteiger partial charge in [-0.1, -0.05) is 17.7 Å². The molecule has 0 aliphatic carbocycles. The molecule has 20 heavy (non-hydrogen) atoms. The van der Waals surface area contributed by atoms with Crippen LogP contribution >= 0.6 is 43.5 Å². The first-order valence-electron chi connectivity index (χ1n) is 6.21. The number of fused-ring (bicyclic) bond motifs is 1. The van der Waals surface area contributed by atoms with Gasteiger partial charge in [0.2, 0.25) is 0 Å². The summed E-state index contributed by atoms with van der Waals surface area (Å²) in [5.41, 5.74) is 8.34. The molecule has 0 amide bonds. The van der Waals surface area contributed by atoms with Crippen LogP contribution in [0.1, 0.15) is 29.7 Å². The highest BCUT2D eigenvalue weighted by Gasteiger charge is 2.27. The van der Waals surface area contributed by atoms with Crippen molar-refractivity contribution in [1.29, 1.82) is 0 Å². The van der Waals surface area contributed by atoms with Crippen molar-refractivity contribution in [3.8, 4) is 5.75 Å². The smallest absolute Gasteiger partial charge is 0.126 e. The highest BCUT2D eigenvalue weighted by Crippen LogP contribution is 2.41. The van der Waals surface area contributed by atoms with Gasteiger partial charge in [-0.05, 0) is 67.8 Å². The van der Waals surface area contributed by atoms with Gasteiger partial charge in [0.05, 0.1) is 0 Å². The summed E-state index contributed by atoms with van der Waals surface area (Å²) in [7, 11) is 0. The first-order chi connectivity index (χ1) is 9.54. The van der Waals surface area contributed by atoms with E-state index in [1.54, 1.807) is 0 Å². The van der Waals surface area contributed by atoms with Crippen LogP contribution in [-0.2, 0) is 0 Å². The molecule has 1 aliphatic rings. The van der Waals surface area contributed by atoms with E-state index < -0.39 is 0 Å². The Morgan fingerprint density at radius 3 is 2.65 bits per heavy atom. The summed E-state index contributed by atoms with van der Waals surface area (Å²) >= 11 is 13.0. The number of halogens is 3. The largest absolute Gasteiger partial charge is 0.485 e. The van der Waals surface area contributed by atoms with Crippen molar-refractivity contribution in [3.05, 3.63) is 61.5 Å². The van der Waals surface area contributed by atoms with E-state index in [1.165, 1.54) is 0 Å². The van der Waals surface area contributed by atoms with Gasteiger partial charge in [0.25, 0.3) is 0 Å². The van der Waals surface area contributed by atoms with Crippen molar-refractivity contribution in [2.45, 2.75) is 18.6 Å². The maximum Gasteiger partial charge on any atom is 0.126 e. The van der Waals surface area contributed by atoms with Crippen LogP contribution in [0.3, 0.4) is 0 Å². The second kappa shape index (κ2) is 5.68. The summed E-state index contributed by atoms with van der Waals surface area (Å²) in [5.74, 6) is 0.817. The van der Waals surface area contributed by atoms with Crippen LogP contribution in [0, 0.1) is 0 Å². The molecule has 5 heteroatoms. The minimum atomic E-state index is -0.0649. The van der Waals surface area contributed by atoms with E-state index in [9.17, 15) is 0 Å². The lowest BCUT2D eigenvalue weighted by Gasteiger charge is -2.30. The van der Waals surface area contributed by atoms with Crippen LogP contribution in [0.5, 0.6) is 5.75 Å². The maximum absolute atomic E-state index is 6.25. The van der Waals surface area contributed by atoms with E-state index >= 15 is 0 Å². The molecule has 0 spiro atoms. The number of rotatable bonds is 1. The third-order valence-corrected chi connectivity index (χ3v) is 5.54. The fraction of sp³-hybridized carbons (Fsp3) is 0.200. The van der Waals surface area contributed by atoms with Crippen molar-refractivity contribution in [1.82, 2.24) is 0 Å². The molecule has 104 valence electrons. The molecule has 0 aromatic heterocycles. The van der Waals surface area contributed by atoms with E-state index in [0.717, 1.165) is 32.2 Å². The normalized spacial score (nSPS) is 21.2. The lowest BCUT2D eigenvalue weighted by atomic mass is 9.94. The monoisotopic (exact) mass is 415 g/mol. The maximum atomic E-state index is 6.25. The molecular formula is C15H12Br2ClNO. The minimum absolute atomic E-state index is 0.0388. The topological polar surface area (TPSA) is 35.2 Å². The molecule has 0 saturated carbocycles. The predicted molar refractivity (Wildman–Crippen MR) is 88.2 cm³/mol. The van der Waals surface area contributed by atoms with Gasteiger partial charge in [0.1, 0.15) is 11.9 Å². The van der Waals surface area contributed by atoms with Crippen molar-refractivity contribution in [2.75, 3.05) is 0 Å². The Morgan fingerprint density at radius 1 is 1.10 bits per heavy atom. The Hall–Kier alpha value is -0.550. The van der Waals surface area contributed by atoms with Gasteiger partial charge in [-0.3, -0.25) is 0 Å². The van der Waals surface area contributed by atoms with Crippen LogP contribution in [0.25, 0.3) is 0 Å². The van der Waals surface area contributed by atoms with Gasteiger partial charge in [-0.15, -0.1) is 0 Å². The molecule has 0 bridgehead atoms. The molecule has 2 nitrogen and oxygen atoms in total. The molecule has 2 atom stereocenters. The molecule has 1 unspecified atom stereocenters. The zero-order valence-corrected chi connectivity index (χ0v) is 14.4. The van der Waals surface area contributed by atoms with Crippen LogP contribution in [-0.4, -0.2) is 0 Å². The SMILES string of the molecule is N[C@@H]1CC(c2ccc(Br)c(Br)c2)Oc2ccc(Cl)cc21. The summed E-state index contributed by atoms with van der Waals surface area (Å²) in [6.45, 7) is 0. The molecule has 2 aromatic rings. The number of ether oxygens (including phenoxy) is 1. The van der Waals surface area contributed by atoms with Crippen LogP contribution in [0.2, 0.25) is 5.02 Å². The zero-order valence-electron chi connectivity index (χ0n) is 10.4. The highest BCUT2D eigenvalue weighted by molar-refractivity contribution is 9.13. The van der Waals surface area contributed by atoms with E-state index in [2.05, 4.69) is 37.9 Å². The van der Waals surface area contributed by atoms with Crippen molar-refractivity contribution in [3.63, 3.8) is 0 Å². The Morgan fingerprint density at radius 2 is 1.90 bits per heavy atom. The van der Waals surface area contributed by atoms with Crippen molar-refractivity contribution in [2.24, 2.45) is 5.73 Å². The molecule has 3 rings (SSSR count). The van der Waals surface area contributed by atoms with Gasteiger partial charge in [0.15, 0.2) is 0 Å². The Labute approximate surface area is 139 Å². The molecule has 2 aromatic carbocycles. The standard InChI is InChI=1S/C15H12Br2ClNO/c16-11-3-1-8(5-12(11)17)15-7-13(19)10-6-9(18)2-4-14(10)20-15/h1-6,13,15H,7,19H2/t13-,15?/m1/s1. The third kappa shape index (κ3) is 2.75. The van der Waals surface area contributed by atoms with Crippen LogP contribution in [0.4, 0.5) is 0 Å². The second-order valence-corrected chi connectivity index (χ2v) is 6.95. The van der Waals surface area contributed by atoms with E-state index in [-0.39, 0.29) is 12.1 Å². The first-order valence-corrected chi connectivity index (χ1v) is 8.17. The molecule has 0 radical (unpaired) electrons. The van der Waals surface area contributed by atoms with Crippen LogP contribution < -0.4 is 10.5 Å². The van der Waals surface area contributed by atoms with Crippen LogP contribution in [0.15, 0.2) is 45.3 Å². The Kier molecular flexibility index (Phi) is 4.09. The van der Waals surface area contributed by atoms with Crippen molar-refractivity contribution < 1.29 is 4.74 Å². The highest BCUT2D eigenvalue weighted by atomic mass is 79.9. The summed E-state index contributed by atoms with van der Waals surface area (Å²) in [6.07, 6.45) is 0.699. The first kappa shape index (κ1) is 14.4. The quantitative estimate of drug-likeness (QED) is 0.675. The number of benzene rings is 2. The molecular weight excluding hydrogens is 405 g/mol. The Balaban J connectivity index is 1.94. The number of hydrogen-bond donors (Lipinski definition) is 1. The van der Waals surface area contributed by atoms with Gasteiger partial charge in [0, 0.05) is 32.0 Å². The molecule has 2 N–H and O–H groups in total. The summed E-state index contributed by atoms with van der Waals surface area (Å²) in [6, 6.07) is 11.6. The summed E-state index contributed by atoms with van der Waals surface area (Å²) < 4.78 is 8.09. The van der Waals surface area contributed by atoms with Gasteiger partial charge in [-0.25, -0.2) is 0 Å².